The minimum absolute atomic E-state index is 0.0449. The monoisotopic (exact) mass is 969 g/mol. The van der Waals surface area contributed by atoms with Crippen LogP contribution < -0.4 is 0 Å². The van der Waals surface area contributed by atoms with E-state index in [9.17, 15) is 30.6 Å². The molecule has 0 saturated heterocycles. The van der Waals surface area contributed by atoms with Gasteiger partial charge in [0.2, 0.25) is 0 Å². The van der Waals surface area contributed by atoms with Gasteiger partial charge in [0, 0.05) is 17.4 Å². The molecule has 0 heterocycles. The number of hydrogen-bond donors (Lipinski definition) is 6. The minimum Gasteiger partial charge on any atom is -0.508 e. The molecule has 0 aromatic heterocycles. The second-order valence-electron chi connectivity index (χ2n) is 22.4. The van der Waals surface area contributed by atoms with Crippen molar-refractivity contribution in [2.75, 3.05) is 0 Å². The van der Waals surface area contributed by atoms with Gasteiger partial charge in [0.25, 0.3) is 0 Å². The predicted molar refractivity (Wildman–Crippen MR) is 293 cm³/mol. The standard InChI is InChI=1S/2C33H40O3/c1-21-17-31(35)28(23-11-5-3-6-12-23)19-26(21)33(25-15-9-10-16-30(25)34)27-20-29(32(36)18-22(27)2)24-13-7-4-8-14-24;1-21-17-31(35)29(23-9-5-3-6-10-23)19-27(21)33(25-13-15-26(34)16-14-25)28-20-30(32(36)18-22(28)2)24-11-7-4-8-12-24/h9-10,15-20,23-24,33-36H,3-8,11-14H2,1-2H3;13-20,23-24,33-36H,3-12H2,1-2H3. The molecule has 4 aliphatic rings. The summed E-state index contributed by atoms with van der Waals surface area (Å²) in [6, 6.07) is 31.8. The molecule has 0 amide bonds. The van der Waals surface area contributed by atoms with Crippen LogP contribution in [0.3, 0.4) is 0 Å². The summed E-state index contributed by atoms with van der Waals surface area (Å²) >= 11 is 0. The van der Waals surface area contributed by atoms with Crippen LogP contribution in [0.2, 0.25) is 0 Å². The number of para-hydroxylation sites is 1. The van der Waals surface area contributed by atoms with Gasteiger partial charge in [-0.2, -0.15) is 0 Å². The van der Waals surface area contributed by atoms with E-state index in [0.717, 1.165) is 118 Å². The third-order valence-corrected chi connectivity index (χ3v) is 17.6. The minimum atomic E-state index is -0.183. The van der Waals surface area contributed by atoms with Gasteiger partial charge in [0.1, 0.15) is 34.5 Å². The van der Waals surface area contributed by atoms with Crippen molar-refractivity contribution in [2.45, 2.75) is 192 Å². The molecule has 4 fully saturated rings. The molecule has 72 heavy (non-hydrogen) atoms. The van der Waals surface area contributed by atoms with E-state index in [1.807, 2.05) is 54.6 Å². The Bertz CT molecular complexity index is 2650. The van der Waals surface area contributed by atoms with Crippen LogP contribution in [-0.4, -0.2) is 30.6 Å². The lowest BCUT2D eigenvalue weighted by molar-refractivity contribution is 0.413. The number of aryl methyl sites for hydroxylation is 4. The number of rotatable bonds is 10. The first kappa shape index (κ1) is 51.0. The SMILES string of the molecule is Cc1cc(O)c(C2CCCCC2)cc1C(c1cc(C2CCCCC2)c(O)cc1C)c1ccccc1O.Cc1cc(O)c(C2CCCCC2)cc1C(c1ccc(O)cc1)c1cc(C2CCCCC2)c(O)cc1C. The molecule has 0 bridgehead atoms. The summed E-state index contributed by atoms with van der Waals surface area (Å²) in [5, 5.41) is 64.9. The van der Waals surface area contributed by atoms with Crippen LogP contribution in [0.1, 0.15) is 242 Å². The second kappa shape index (κ2) is 22.9. The Morgan fingerprint density at radius 3 is 0.903 bits per heavy atom. The van der Waals surface area contributed by atoms with E-state index >= 15 is 0 Å². The van der Waals surface area contributed by atoms with Gasteiger partial charge in [-0.25, -0.2) is 0 Å². The van der Waals surface area contributed by atoms with Gasteiger partial charge in [0.05, 0.1) is 0 Å². The fourth-order valence-corrected chi connectivity index (χ4v) is 13.5. The van der Waals surface area contributed by atoms with Crippen LogP contribution >= 0.6 is 0 Å². The number of phenolic OH excluding ortho intramolecular Hbond substituents is 6. The molecule has 0 atom stereocenters. The molecule has 380 valence electrons. The van der Waals surface area contributed by atoms with Crippen LogP contribution in [0.25, 0.3) is 0 Å². The van der Waals surface area contributed by atoms with Crippen molar-refractivity contribution in [1.29, 1.82) is 0 Å². The molecule has 6 heteroatoms. The molecule has 4 aliphatic carbocycles. The molecule has 6 nitrogen and oxygen atoms in total. The Labute approximate surface area is 429 Å². The third-order valence-electron chi connectivity index (χ3n) is 17.6. The van der Waals surface area contributed by atoms with Crippen molar-refractivity contribution < 1.29 is 30.6 Å². The van der Waals surface area contributed by atoms with Crippen LogP contribution in [0, 0.1) is 27.7 Å². The van der Waals surface area contributed by atoms with Gasteiger partial charge in [0.15, 0.2) is 0 Å². The highest BCUT2D eigenvalue weighted by Crippen LogP contribution is 2.49. The fraction of sp³-hybridized carbons (Fsp3) is 0.455. The number of phenols is 6. The third kappa shape index (κ3) is 11.2. The van der Waals surface area contributed by atoms with Gasteiger partial charge < -0.3 is 30.6 Å². The van der Waals surface area contributed by atoms with E-state index in [1.165, 1.54) is 88.2 Å². The highest BCUT2D eigenvalue weighted by Gasteiger charge is 2.31. The van der Waals surface area contributed by atoms with Gasteiger partial charge in [-0.05, 0) is 218 Å². The maximum atomic E-state index is 11.0. The summed E-state index contributed by atoms with van der Waals surface area (Å²) in [7, 11) is 0. The van der Waals surface area contributed by atoms with Crippen molar-refractivity contribution in [2.24, 2.45) is 0 Å². The Morgan fingerprint density at radius 1 is 0.306 bits per heavy atom. The van der Waals surface area contributed by atoms with E-state index in [1.54, 1.807) is 18.2 Å². The lowest BCUT2D eigenvalue weighted by Gasteiger charge is -2.29. The topological polar surface area (TPSA) is 121 Å². The zero-order chi connectivity index (χ0) is 50.5. The van der Waals surface area contributed by atoms with Crippen LogP contribution in [-0.2, 0) is 0 Å². The molecule has 0 unspecified atom stereocenters. The summed E-state index contributed by atoms with van der Waals surface area (Å²) in [5.74, 6) is 3.48. The zero-order valence-corrected chi connectivity index (χ0v) is 43.5. The van der Waals surface area contributed by atoms with Crippen molar-refractivity contribution >= 4 is 0 Å². The van der Waals surface area contributed by atoms with Crippen LogP contribution in [0.4, 0.5) is 0 Å². The van der Waals surface area contributed by atoms with E-state index in [-0.39, 0.29) is 23.3 Å². The van der Waals surface area contributed by atoms with Gasteiger partial charge in [-0.15, -0.1) is 0 Å². The first-order valence-electron chi connectivity index (χ1n) is 27.8. The van der Waals surface area contributed by atoms with Crippen LogP contribution in [0.5, 0.6) is 34.5 Å². The smallest absolute Gasteiger partial charge is 0.119 e. The first-order chi connectivity index (χ1) is 34.9. The Balaban J connectivity index is 0.000000178. The summed E-state index contributed by atoms with van der Waals surface area (Å²) < 4.78 is 0. The van der Waals surface area contributed by atoms with Crippen molar-refractivity contribution in [3.63, 3.8) is 0 Å². The lowest BCUT2D eigenvalue weighted by Crippen LogP contribution is -2.12. The van der Waals surface area contributed by atoms with Crippen LogP contribution in [0.15, 0.2) is 97.1 Å². The maximum Gasteiger partial charge on any atom is 0.119 e. The molecule has 4 saturated carbocycles. The number of aromatic hydroxyl groups is 6. The highest BCUT2D eigenvalue weighted by atomic mass is 16.3. The summed E-state index contributed by atoms with van der Waals surface area (Å²) in [6.45, 7) is 8.30. The average Bonchev–Trinajstić information content (AvgIpc) is 3.38. The van der Waals surface area contributed by atoms with E-state index in [0.29, 0.717) is 46.7 Å². The molecule has 6 aromatic rings. The second-order valence-corrected chi connectivity index (χ2v) is 22.4. The molecular formula is C66H80O6. The highest BCUT2D eigenvalue weighted by molar-refractivity contribution is 5.59. The summed E-state index contributed by atoms with van der Waals surface area (Å²) in [6.07, 6.45) is 23.8. The van der Waals surface area contributed by atoms with Crippen molar-refractivity contribution in [1.82, 2.24) is 0 Å². The van der Waals surface area contributed by atoms with E-state index < -0.39 is 0 Å². The first-order valence-corrected chi connectivity index (χ1v) is 27.8. The number of benzene rings is 6. The molecule has 0 radical (unpaired) electrons. The molecular weight excluding hydrogens is 889 g/mol. The lowest BCUT2D eigenvalue weighted by atomic mass is 9.75. The van der Waals surface area contributed by atoms with Crippen molar-refractivity contribution in [3.05, 3.63) is 175 Å². The molecule has 0 aliphatic heterocycles. The maximum absolute atomic E-state index is 11.0. The summed E-state index contributed by atoms with van der Waals surface area (Å²) in [5.41, 5.74) is 15.0. The fourth-order valence-electron chi connectivity index (χ4n) is 13.5. The number of hydrogen-bond acceptors (Lipinski definition) is 6. The Kier molecular flexibility index (Phi) is 16.2. The molecule has 0 spiro atoms. The largest absolute Gasteiger partial charge is 0.508 e. The summed E-state index contributed by atoms with van der Waals surface area (Å²) in [4.78, 5) is 0. The molecule has 10 rings (SSSR count). The average molecular weight is 969 g/mol. The molecule has 6 aromatic carbocycles. The van der Waals surface area contributed by atoms with Crippen molar-refractivity contribution in [3.8, 4) is 34.5 Å². The Morgan fingerprint density at radius 2 is 0.597 bits per heavy atom. The predicted octanol–water partition coefficient (Wildman–Crippen LogP) is 17.4. The zero-order valence-electron chi connectivity index (χ0n) is 43.5. The van der Waals surface area contributed by atoms with E-state index in [4.69, 9.17) is 0 Å². The normalized spacial score (nSPS) is 17.5. The van der Waals surface area contributed by atoms with Gasteiger partial charge >= 0.3 is 0 Å². The van der Waals surface area contributed by atoms with Gasteiger partial charge in [-0.1, -0.05) is 132 Å². The Hall–Kier alpha value is -5.88. The van der Waals surface area contributed by atoms with E-state index in [2.05, 4.69) is 52.0 Å². The molecule has 6 N–H and O–H groups in total. The van der Waals surface area contributed by atoms with Gasteiger partial charge in [-0.3, -0.25) is 0 Å². The quantitative estimate of drug-likeness (QED) is 0.0761.